The lowest BCUT2D eigenvalue weighted by atomic mass is 10.1. The lowest BCUT2D eigenvalue weighted by Gasteiger charge is -2.07. The zero-order valence-corrected chi connectivity index (χ0v) is 11.1. The van der Waals surface area contributed by atoms with E-state index in [1.54, 1.807) is 0 Å². The van der Waals surface area contributed by atoms with Crippen LogP contribution in [-0.2, 0) is 4.79 Å². The summed E-state index contributed by atoms with van der Waals surface area (Å²) in [7, 11) is 0. The zero-order chi connectivity index (χ0) is 14.3. The first-order valence-corrected chi connectivity index (χ1v) is 6.37. The van der Waals surface area contributed by atoms with Crippen LogP contribution in [0.1, 0.15) is 36.0 Å². The first kappa shape index (κ1) is 15.3. The van der Waals surface area contributed by atoms with Crippen LogP contribution in [0.25, 0.3) is 0 Å². The van der Waals surface area contributed by atoms with Gasteiger partial charge in [-0.05, 0) is 31.0 Å². The van der Waals surface area contributed by atoms with Crippen LogP contribution in [0.5, 0.6) is 5.75 Å². The average Bonchev–Trinajstić information content (AvgIpc) is 2.36. The highest BCUT2D eigenvalue weighted by Crippen LogP contribution is 2.20. The van der Waals surface area contributed by atoms with Gasteiger partial charge >= 0.3 is 5.97 Å². The Hall–Kier alpha value is -1.75. The molecule has 0 atom stereocenters. The average molecular weight is 286 g/mol. The third-order valence-corrected chi connectivity index (χ3v) is 2.88. The van der Waals surface area contributed by atoms with E-state index >= 15 is 0 Å². The number of carboxylic acid groups (broad SMARTS) is 1. The number of rotatable bonds is 7. The molecule has 1 aromatic rings. The molecule has 0 aromatic heterocycles. The van der Waals surface area contributed by atoms with Gasteiger partial charge in [0.1, 0.15) is 5.75 Å². The normalized spacial score (nSPS) is 10.2. The molecule has 0 fully saturated rings. The van der Waals surface area contributed by atoms with Gasteiger partial charge in [0.05, 0.1) is 10.6 Å². The molecule has 0 saturated carbocycles. The van der Waals surface area contributed by atoms with Crippen molar-refractivity contribution in [3.8, 4) is 5.75 Å². The summed E-state index contributed by atoms with van der Waals surface area (Å²) in [5.41, 5.74) is 0.229. The number of phenolic OH excluding ortho intramolecular Hbond substituents is 1. The number of carbonyl (C=O) groups excluding carboxylic acids is 1. The SMILES string of the molecule is O=C(O)CCCCCNC(=O)c1cc(O)ccc1Cl. The van der Waals surface area contributed by atoms with E-state index < -0.39 is 5.97 Å². The van der Waals surface area contributed by atoms with Gasteiger partial charge < -0.3 is 15.5 Å². The number of halogens is 1. The van der Waals surface area contributed by atoms with Gasteiger partial charge in [0.2, 0.25) is 0 Å². The zero-order valence-electron chi connectivity index (χ0n) is 10.4. The summed E-state index contributed by atoms with van der Waals surface area (Å²) >= 11 is 5.85. The van der Waals surface area contributed by atoms with Crippen LogP contribution in [0.3, 0.4) is 0 Å². The molecule has 0 heterocycles. The Morgan fingerprint density at radius 1 is 1.21 bits per heavy atom. The van der Waals surface area contributed by atoms with Crippen LogP contribution in [0.4, 0.5) is 0 Å². The highest BCUT2D eigenvalue weighted by Gasteiger charge is 2.10. The predicted octanol–water partition coefficient (Wildman–Crippen LogP) is 2.42. The number of hydrogen-bond acceptors (Lipinski definition) is 3. The second-order valence-electron chi connectivity index (χ2n) is 4.12. The molecule has 1 aromatic carbocycles. The highest BCUT2D eigenvalue weighted by molar-refractivity contribution is 6.33. The summed E-state index contributed by atoms with van der Waals surface area (Å²) in [6, 6.07) is 4.17. The Kier molecular flexibility index (Phi) is 6.15. The maximum Gasteiger partial charge on any atom is 0.303 e. The summed E-state index contributed by atoms with van der Waals surface area (Å²) in [5.74, 6) is -1.18. The minimum atomic E-state index is -0.810. The summed E-state index contributed by atoms with van der Waals surface area (Å²) in [6.45, 7) is 0.449. The number of carboxylic acids is 1. The molecule has 0 bridgehead atoms. The number of benzene rings is 1. The van der Waals surface area contributed by atoms with Gasteiger partial charge in [-0.25, -0.2) is 0 Å². The molecule has 0 aliphatic heterocycles. The van der Waals surface area contributed by atoms with E-state index in [1.165, 1.54) is 18.2 Å². The lowest BCUT2D eigenvalue weighted by Crippen LogP contribution is -2.24. The van der Waals surface area contributed by atoms with Gasteiger partial charge in [-0.2, -0.15) is 0 Å². The molecule has 104 valence electrons. The van der Waals surface area contributed by atoms with Gasteiger partial charge in [0, 0.05) is 13.0 Å². The maximum atomic E-state index is 11.8. The molecule has 0 radical (unpaired) electrons. The van der Waals surface area contributed by atoms with Gasteiger partial charge in [-0.1, -0.05) is 18.0 Å². The topological polar surface area (TPSA) is 86.6 Å². The van der Waals surface area contributed by atoms with Crippen LogP contribution in [-0.4, -0.2) is 28.6 Å². The van der Waals surface area contributed by atoms with Crippen molar-refractivity contribution in [1.82, 2.24) is 5.32 Å². The fourth-order valence-electron chi connectivity index (χ4n) is 1.56. The quantitative estimate of drug-likeness (QED) is 0.672. The minimum absolute atomic E-state index is 0.0176. The number of amides is 1. The fraction of sp³-hybridized carbons (Fsp3) is 0.385. The second-order valence-corrected chi connectivity index (χ2v) is 4.53. The first-order chi connectivity index (χ1) is 9.00. The Bertz CT molecular complexity index is 462. The van der Waals surface area contributed by atoms with Crippen molar-refractivity contribution < 1.29 is 19.8 Å². The highest BCUT2D eigenvalue weighted by atomic mass is 35.5. The Morgan fingerprint density at radius 3 is 2.63 bits per heavy atom. The minimum Gasteiger partial charge on any atom is -0.508 e. The van der Waals surface area contributed by atoms with Gasteiger partial charge in [0.25, 0.3) is 5.91 Å². The molecule has 0 aliphatic carbocycles. The van der Waals surface area contributed by atoms with E-state index in [4.69, 9.17) is 16.7 Å². The Morgan fingerprint density at radius 2 is 1.95 bits per heavy atom. The summed E-state index contributed by atoms with van der Waals surface area (Å²) in [5, 5.41) is 20.7. The molecule has 6 heteroatoms. The third-order valence-electron chi connectivity index (χ3n) is 2.55. The van der Waals surface area contributed by atoms with Crippen molar-refractivity contribution in [2.24, 2.45) is 0 Å². The van der Waals surface area contributed by atoms with Crippen molar-refractivity contribution in [2.45, 2.75) is 25.7 Å². The van der Waals surface area contributed by atoms with Gasteiger partial charge in [0.15, 0.2) is 0 Å². The molecular weight excluding hydrogens is 270 g/mol. The lowest BCUT2D eigenvalue weighted by molar-refractivity contribution is -0.137. The predicted molar refractivity (Wildman–Crippen MR) is 71.6 cm³/mol. The maximum absolute atomic E-state index is 11.8. The number of aromatic hydroxyl groups is 1. The largest absolute Gasteiger partial charge is 0.508 e. The molecule has 5 nitrogen and oxygen atoms in total. The van der Waals surface area contributed by atoms with Crippen LogP contribution in [0.2, 0.25) is 5.02 Å². The van der Waals surface area contributed by atoms with E-state index in [1.807, 2.05) is 0 Å². The van der Waals surface area contributed by atoms with E-state index in [0.29, 0.717) is 19.4 Å². The standard InChI is InChI=1S/C13H16ClNO4/c14-11-6-5-9(16)8-10(11)13(19)15-7-3-1-2-4-12(17)18/h5-6,8,16H,1-4,7H2,(H,15,19)(H,17,18). The second kappa shape index (κ2) is 7.63. The van der Waals surface area contributed by atoms with Crippen LogP contribution >= 0.6 is 11.6 Å². The molecule has 0 unspecified atom stereocenters. The third kappa shape index (κ3) is 5.61. The van der Waals surface area contributed by atoms with E-state index in [2.05, 4.69) is 5.32 Å². The molecule has 0 spiro atoms. The molecule has 3 N–H and O–H groups in total. The van der Waals surface area contributed by atoms with Crippen molar-refractivity contribution in [1.29, 1.82) is 0 Å². The summed E-state index contributed by atoms with van der Waals surface area (Å²) in [4.78, 5) is 22.0. The number of carbonyl (C=O) groups is 2. The summed E-state index contributed by atoms with van der Waals surface area (Å²) < 4.78 is 0. The molecule has 0 saturated heterocycles. The Balaban J connectivity index is 2.31. The van der Waals surface area contributed by atoms with Crippen LogP contribution < -0.4 is 5.32 Å². The van der Waals surface area contributed by atoms with Gasteiger partial charge in [-0.3, -0.25) is 9.59 Å². The Labute approximate surface area is 116 Å². The smallest absolute Gasteiger partial charge is 0.303 e. The number of aliphatic carboxylic acids is 1. The van der Waals surface area contributed by atoms with Crippen molar-refractivity contribution in [3.63, 3.8) is 0 Å². The first-order valence-electron chi connectivity index (χ1n) is 5.99. The van der Waals surface area contributed by atoms with Crippen molar-refractivity contribution in [3.05, 3.63) is 28.8 Å². The molecular formula is C13H16ClNO4. The molecule has 19 heavy (non-hydrogen) atoms. The van der Waals surface area contributed by atoms with Crippen molar-refractivity contribution >= 4 is 23.5 Å². The van der Waals surface area contributed by atoms with Crippen molar-refractivity contribution in [2.75, 3.05) is 6.54 Å². The van der Waals surface area contributed by atoms with Gasteiger partial charge in [-0.15, -0.1) is 0 Å². The van der Waals surface area contributed by atoms with E-state index in [0.717, 1.165) is 6.42 Å². The molecule has 1 rings (SSSR count). The van der Waals surface area contributed by atoms with E-state index in [-0.39, 0.29) is 28.7 Å². The van der Waals surface area contributed by atoms with Crippen LogP contribution in [0, 0.1) is 0 Å². The monoisotopic (exact) mass is 285 g/mol. The summed E-state index contributed by atoms with van der Waals surface area (Å²) in [6.07, 6.45) is 2.18. The molecule has 1 amide bonds. The number of hydrogen-bond donors (Lipinski definition) is 3. The fourth-order valence-corrected chi connectivity index (χ4v) is 1.77. The van der Waals surface area contributed by atoms with E-state index in [9.17, 15) is 14.7 Å². The number of nitrogens with one attached hydrogen (secondary N) is 1. The number of unbranched alkanes of at least 4 members (excludes halogenated alkanes) is 2. The number of phenols is 1. The van der Waals surface area contributed by atoms with Crippen LogP contribution in [0.15, 0.2) is 18.2 Å². The molecule has 0 aliphatic rings.